The molecule has 0 unspecified atom stereocenters. The van der Waals surface area contributed by atoms with Crippen molar-refractivity contribution in [3.8, 4) is 17.2 Å². The fourth-order valence-electron chi connectivity index (χ4n) is 3.58. The van der Waals surface area contributed by atoms with Crippen LogP contribution in [0.25, 0.3) is 6.08 Å². The Kier molecular flexibility index (Phi) is 5.61. The van der Waals surface area contributed by atoms with Gasteiger partial charge in [-0.1, -0.05) is 12.1 Å². The zero-order valence-electron chi connectivity index (χ0n) is 16.7. The van der Waals surface area contributed by atoms with E-state index in [0.717, 1.165) is 31.2 Å². The van der Waals surface area contributed by atoms with Crippen LogP contribution in [0, 0.1) is 0 Å². The lowest BCUT2D eigenvalue weighted by molar-refractivity contribution is -0.142. The monoisotopic (exact) mass is 409 g/mol. The third-order valence-corrected chi connectivity index (χ3v) is 5.04. The van der Waals surface area contributed by atoms with Crippen molar-refractivity contribution in [2.45, 2.75) is 31.5 Å². The van der Waals surface area contributed by atoms with E-state index < -0.39 is 17.7 Å². The smallest absolute Gasteiger partial charge is 0.331 e. The van der Waals surface area contributed by atoms with Crippen LogP contribution in [0.4, 0.5) is 5.69 Å². The highest BCUT2D eigenvalue weighted by molar-refractivity contribution is 5.94. The summed E-state index contributed by atoms with van der Waals surface area (Å²) in [4.78, 5) is 24.0. The summed E-state index contributed by atoms with van der Waals surface area (Å²) in [6, 6.07) is 12.5. The van der Waals surface area contributed by atoms with Crippen LogP contribution in [0.3, 0.4) is 0 Å². The number of methoxy groups -OCH3 is 1. The highest BCUT2D eigenvalue weighted by Gasteiger charge is 2.44. The number of nitrogens with one attached hydrogen (secondary N) is 1. The van der Waals surface area contributed by atoms with Crippen LogP contribution < -0.4 is 19.5 Å². The van der Waals surface area contributed by atoms with Crippen LogP contribution in [-0.4, -0.2) is 31.4 Å². The Hall–Kier alpha value is -3.48. The summed E-state index contributed by atoms with van der Waals surface area (Å²) in [5, 5.41) is 2.70. The van der Waals surface area contributed by atoms with Gasteiger partial charge in [-0.05, 0) is 48.7 Å². The van der Waals surface area contributed by atoms with Crippen molar-refractivity contribution >= 4 is 23.6 Å². The van der Waals surface area contributed by atoms with Gasteiger partial charge < -0.3 is 24.3 Å². The zero-order chi connectivity index (χ0) is 21.0. The highest BCUT2D eigenvalue weighted by Crippen LogP contribution is 2.47. The molecular weight excluding hydrogens is 386 g/mol. The topological polar surface area (TPSA) is 83.1 Å². The Bertz CT molecular complexity index is 977. The van der Waals surface area contributed by atoms with E-state index in [9.17, 15) is 9.59 Å². The molecule has 2 aliphatic rings. The molecule has 2 aromatic rings. The number of ether oxygens (including phenoxy) is 4. The molecule has 1 heterocycles. The lowest BCUT2D eigenvalue weighted by Crippen LogP contribution is -2.34. The van der Waals surface area contributed by atoms with Crippen molar-refractivity contribution in [2.24, 2.45) is 0 Å². The molecule has 0 bridgehead atoms. The van der Waals surface area contributed by atoms with Crippen LogP contribution in [0.15, 0.2) is 48.5 Å². The second kappa shape index (κ2) is 8.49. The van der Waals surface area contributed by atoms with Crippen LogP contribution in [0.2, 0.25) is 0 Å². The van der Waals surface area contributed by atoms with Crippen LogP contribution in [-0.2, 0) is 14.3 Å². The fourth-order valence-corrected chi connectivity index (χ4v) is 3.58. The number of hydrogen-bond acceptors (Lipinski definition) is 6. The summed E-state index contributed by atoms with van der Waals surface area (Å²) >= 11 is 0. The number of carbonyl (C=O) groups is 2. The molecular formula is C23H23NO6. The van der Waals surface area contributed by atoms with Gasteiger partial charge in [0.2, 0.25) is 0 Å². The molecule has 4 rings (SSSR count). The first-order valence-electron chi connectivity index (χ1n) is 9.86. The van der Waals surface area contributed by atoms with Gasteiger partial charge in [-0.2, -0.15) is 0 Å². The number of amides is 1. The predicted octanol–water partition coefficient (Wildman–Crippen LogP) is 3.93. The number of benzene rings is 2. The molecule has 1 saturated carbocycles. The first kappa shape index (κ1) is 19.8. The number of rotatable bonds is 6. The molecule has 1 spiro atoms. The summed E-state index contributed by atoms with van der Waals surface area (Å²) in [6.45, 7) is -0.389. The average Bonchev–Trinajstić information content (AvgIpc) is 3.36. The zero-order valence-corrected chi connectivity index (χ0v) is 16.7. The fraction of sp³-hybridized carbons (Fsp3) is 0.304. The first-order chi connectivity index (χ1) is 14.5. The largest absolute Gasteiger partial charge is 0.497 e. The minimum atomic E-state index is -0.609. The van der Waals surface area contributed by atoms with Gasteiger partial charge in [-0.25, -0.2) is 4.79 Å². The van der Waals surface area contributed by atoms with Crippen LogP contribution in [0.1, 0.15) is 31.2 Å². The molecule has 1 aliphatic carbocycles. The standard InChI is InChI=1S/C23H23NO6/c1-27-18-6-4-5-16(13-18)7-10-22(26)28-15-21(25)24-17-8-9-19-20(14-17)30-23(29-19)11-2-3-12-23/h4-10,13-14H,2-3,11-12,15H2,1H3,(H,24,25)/b10-7+. The molecule has 156 valence electrons. The van der Waals surface area contributed by atoms with Gasteiger partial charge in [0.25, 0.3) is 11.7 Å². The molecule has 0 atom stereocenters. The molecule has 2 aromatic carbocycles. The summed E-state index contributed by atoms with van der Waals surface area (Å²) < 4.78 is 22.1. The minimum Gasteiger partial charge on any atom is -0.497 e. The molecule has 1 fully saturated rings. The van der Waals surface area contributed by atoms with Crippen molar-refractivity contribution in [1.29, 1.82) is 0 Å². The van der Waals surface area contributed by atoms with Crippen molar-refractivity contribution in [1.82, 2.24) is 0 Å². The SMILES string of the molecule is COc1cccc(/C=C/C(=O)OCC(=O)Nc2ccc3c(c2)OC2(CCCC2)O3)c1. The van der Waals surface area contributed by atoms with E-state index in [1.54, 1.807) is 37.5 Å². The van der Waals surface area contributed by atoms with E-state index >= 15 is 0 Å². The number of esters is 1. The average molecular weight is 409 g/mol. The lowest BCUT2D eigenvalue weighted by Gasteiger charge is -2.21. The Morgan fingerprint density at radius 2 is 1.90 bits per heavy atom. The van der Waals surface area contributed by atoms with Crippen LogP contribution in [0.5, 0.6) is 17.2 Å². The van der Waals surface area contributed by atoms with Gasteiger partial charge in [0, 0.05) is 30.7 Å². The molecule has 7 nitrogen and oxygen atoms in total. The molecule has 1 amide bonds. The van der Waals surface area contributed by atoms with Gasteiger partial charge in [0.05, 0.1) is 7.11 Å². The van der Waals surface area contributed by atoms with E-state index in [2.05, 4.69) is 5.32 Å². The van der Waals surface area contributed by atoms with Gasteiger partial charge >= 0.3 is 5.97 Å². The number of hydrogen-bond donors (Lipinski definition) is 1. The van der Waals surface area contributed by atoms with Crippen molar-refractivity contribution in [2.75, 3.05) is 19.0 Å². The maximum atomic E-state index is 12.1. The number of anilines is 1. The van der Waals surface area contributed by atoms with Crippen molar-refractivity contribution in [3.63, 3.8) is 0 Å². The number of carbonyl (C=O) groups excluding carboxylic acids is 2. The van der Waals surface area contributed by atoms with E-state index in [-0.39, 0.29) is 6.61 Å². The maximum absolute atomic E-state index is 12.1. The Morgan fingerprint density at radius 3 is 2.70 bits per heavy atom. The normalized spacial score (nSPS) is 16.0. The predicted molar refractivity (Wildman–Crippen MR) is 111 cm³/mol. The lowest BCUT2D eigenvalue weighted by atomic mass is 10.2. The highest BCUT2D eigenvalue weighted by atomic mass is 16.7. The van der Waals surface area contributed by atoms with Crippen molar-refractivity contribution < 1.29 is 28.5 Å². The molecule has 1 N–H and O–H groups in total. The Labute approximate surface area is 174 Å². The molecule has 0 saturated heterocycles. The third-order valence-electron chi connectivity index (χ3n) is 5.04. The van der Waals surface area contributed by atoms with E-state index in [4.69, 9.17) is 18.9 Å². The van der Waals surface area contributed by atoms with Gasteiger partial charge in [-0.15, -0.1) is 0 Å². The first-order valence-corrected chi connectivity index (χ1v) is 9.86. The maximum Gasteiger partial charge on any atom is 0.331 e. The second-order valence-electron chi connectivity index (χ2n) is 7.25. The van der Waals surface area contributed by atoms with E-state index in [1.165, 1.54) is 6.08 Å². The second-order valence-corrected chi connectivity index (χ2v) is 7.25. The molecule has 1 aliphatic heterocycles. The Morgan fingerprint density at radius 1 is 1.10 bits per heavy atom. The third kappa shape index (κ3) is 4.56. The van der Waals surface area contributed by atoms with E-state index in [1.807, 2.05) is 18.2 Å². The minimum absolute atomic E-state index is 0.389. The van der Waals surface area contributed by atoms with Crippen LogP contribution >= 0.6 is 0 Å². The van der Waals surface area contributed by atoms with Gasteiger partial charge in [-0.3, -0.25) is 4.79 Å². The number of fused-ring (bicyclic) bond motifs is 1. The van der Waals surface area contributed by atoms with E-state index in [0.29, 0.717) is 22.9 Å². The van der Waals surface area contributed by atoms with Gasteiger partial charge in [0.1, 0.15) is 5.75 Å². The molecule has 0 radical (unpaired) electrons. The quantitative estimate of drug-likeness (QED) is 0.575. The Balaban J connectivity index is 1.27. The summed E-state index contributed by atoms with van der Waals surface area (Å²) in [5.41, 5.74) is 1.34. The molecule has 0 aromatic heterocycles. The summed E-state index contributed by atoms with van der Waals surface area (Å²) in [6.07, 6.45) is 6.75. The molecule has 30 heavy (non-hydrogen) atoms. The molecule has 7 heteroatoms. The van der Waals surface area contributed by atoms with Gasteiger partial charge in [0.15, 0.2) is 18.1 Å². The van der Waals surface area contributed by atoms with Crippen molar-refractivity contribution in [3.05, 3.63) is 54.1 Å². The summed E-state index contributed by atoms with van der Waals surface area (Å²) in [5.74, 6) is 0.397. The summed E-state index contributed by atoms with van der Waals surface area (Å²) in [7, 11) is 1.57.